The zero-order valence-corrected chi connectivity index (χ0v) is 15.2. The first-order valence-electron chi connectivity index (χ1n) is 7.66. The Morgan fingerprint density at radius 3 is 2.33 bits per heavy atom. The minimum Gasteiger partial charge on any atom is -0.465 e. The second kappa shape index (κ2) is 7.51. The van der Waals surface area contributed by atoms with E-state index in [1.54, 1.807) is 24.3 Å². The van der Waals surface area contributed by atoms with Crippen LogP contribution in [0.15, 0.2) is 24.3 Å². The number of benzene rings is 1. The van der Waals surface area contributed by atoms with Crippen LogP contribution < -0.4 is 11.1 Å². The summed E-state index contributed by atoms with van der Waals surface area (Å²) in [7, 11) is 1.32. The Hall–Kier alpha value is -1.63. The number of methoxy groups -OCH3 is 1. The van der Waals surface area contributed by atoms with Gasteiger partial charge in [0.2, 0.25) is 5.91 Å². The Bertz CT molecular complexity index is 603. The molecule has 2 rings (SSSR count). The van der Waals surface area contributed by atoms with Crippen molar-refractivity contribution in [3.63, 3.8) is 0 Å². The van der Waals surface area contributed by atoms with Gasteiger partial charge in [-0.05, 0) is 31.2 Å². The SMILES string of the molecule is CCOC1CC(N)(C(=O)Nc2ccc(C(=O)OC)cc2)C1(C)C.Cl. The summed E-state index contributed by atoms with van der Waals surface area (Å²) in [6.45, 7) is 6.41. The maximum absolute atomic E-state index is 12.6. The summed E-state index contributed by atoms with van der Waals surface area (Å²) < 4.78 is 10.3. The molecule has 134 valence electrons. The third-order valence-electron chi connectivity index (χ3n) is 4.80. The molecule has 1 aromatic rings. The Labute approximate surface area is 148 Å². The lowest BCUT2D eigenvalue weighted by Gasteiger charge is -2.57. The molecule has 1 aliphatic rings. The highest BCUT2D eigenvalue weighted by Crippen LogP contribution is 2.50. The fourth-order valence-corrected chi connectivity index (χ4v) is 2.87. The molecule has 0 heterocycles. The van der Waals surface area contributed by atoms with Crippen LogP contribution in [-0.4, -0.2) is 37.2 Å². The van der Waals surface area contributed by atoms with Crippen LogP contribution in [-0.2, 0) is 14.3 Å². The van der Waals surface area contributed by atoms with Gasteiger partial charge in [-0.15, -0.1) is 12.4 Å². The molecule has 0 bridgehead atoms. The monoisotopic (exact) mass is 356 g/mol. The summed E-state index contributed by atoms with van der Waals surface area (Å²) in [5.41, 5.74) is 5.91. The van der Waals surface area contributed by atoms with Crippen molar-refractivity contribution in [3.05, 3.63) is 29.8 Å². The average molecular weight is 357 g/mol. The molecule has 2 atom stereocenters. The van der Waals surface area contributed by atoms with E-state index in [1.165, 1.54) is 7.11 Å². The van der Waals surface area contributed by atoms with E-state index in [9.17, 15) is 9.59 Å². The second-order valence-corrected chi connectivity index (χ2v) is 6.36. The van der Waals surface area contributed by atoms with E-state index in [4.69, 9.17) is 10.5 Å². The van der Waals surface area contributed by atoms with Crippen LogP contribution in [0.5, 0.6) is 0 Å². The Morgan fingerprint density at radius 1 is 1.29 bits per heavy atom. The minimum absolute atomic E-state index is 0. The molecule has 0 spiro atoms. The zero-order chi connectivity index (χ0) is 17.3. The quantitative estimate of drug-likeness (QED) is 0.790. The van der Waals surface area contributed by atoms with Crippen LogP contribution >= 0.6 is 12.4 Å². The second-order valence-electron chi connectivity index (χ2n) is 6.36. The largest absolute Gasteiger partial charge is 0.465 e. The molecule has 1 amide bonds. The van der Waals surface area contributed by atoms with E-state index < -0.39 is 16.9 Å². The van der Waals surface area contributed by atoms with E-state index in [0.717, 1.165) is 0 Å². The lowest BCUT2D eigenvalue weighted by molar-refractivity contribution is -0.166. The van der Waals surface area contributed by atoms with Gasteiger partial charge < -0.3 is 20.5 Å². The molecule has 0 radical (unpaired) electrons. The first-order chi connectivity index (χ1) is 10.8. The summed E-state index contributed by atoms with van der Waals surface area (Å²) in [5, 5.41) is 2.82. The number of anilines is 1. The fraction of sp³-hybridized carbons (Fsp3) is 0.529. The van der Waals surface area contributed by atoms with Gasteiger partial charge in [-0.1, -0.05) is 13.8 Å². The van der Waals surface area contributed by atoms with Crippen molar-refractivity contribution in [2.24, 2.45) is 11.1 Å². The smallest absolute Gasteiger partial charge is 0.337 e. The van der Waals surface area contributed by atoms with Gasteiger partial charge in [0.25, 0.3) is 0 Å². The molecule has 0 aromatic heterocycles. The molecule has 3 N–H and O–H groups in total. The van der Waals surface area contributed by atoms with Gasteiger partial charge in [0, 0.05) is 24.1 Å². The maximum atomic E-state index is 12.6. The Kier molecular flexibility index (Phi) is 6.38. The van der Waals surface area contributed by atoms with Gasteiger partial charge in [-0.2, -0.15) is 0 Å². The number of halogens is 1. The number of carbonyl (C=O) groups excluding carboxylic acids is 2. The topological polar surface area (TPSA) is 90.6 Å². The van der Waals surface area contributed by atoms with Gasteiger partial charge >= 0.3 is 5.97 Å². The van der Waals surface area contributed by atoms with E-state index in [1.807, 2.05) is 20.8 Å². The number of esters is 1. The number of carbonyl (C=O) groups is 2. The van der Waals surface area contributed by atoms with Gasteiger partial charge in [-0.3, -0.25) is 4.79 Å². The molecular weight excluding hydrogens is 332 g/mol. The van der Waals surface area contributed by atoms with Crippen LogP contribution in [0.4, 0.5) is 5.69 Å². The first-order valence-corrected chi connectivity index (χ1v) is 7.66. The van der Waals surface area contributed by atoms with Crippen molar-refractivity contribution in [1.29, 1.82) is 0 Å². The first kappa shape index (κ1) is 20.4. The normalized spacial score (nSPS) is 24.3. The molecule has 24 heavy (non-hydrogen) atoms. The molecular formula is C17H25ClN2O4. The lowest BCUT2D eigenvalue weighted by atomic mass is 9.54. The number of ether oxygens (including phenoxy) is 2. The van der Waals surface area contributed by atoms with E-state index >= 15 is 0 Å². The average Bonchev–Trinajstić information content (AvgIpc) is 2.54. The highest BCUT2D eigenvalue weighted by molar-refractivity contribution is 6.00. The van der Waals surface area contributed by atoms with Crippen molar-refractivity contribution in [2.75, 3.05) is 19.0 Å². The van der Waals surface area contributed by atoms with E-state index in [2.05, 4.69) is 10.1 Å². The van der Waals surface area contributed by atoms with Crippen LogP contribution in [0, 0.1) is 5.41 Å². The molecule has 1 aromatic carbocycles. The number of rotatable bonds is 5. The number of hydrogen-bond donors (Lipinski definition) is 2. The van der Waals surface area contributed by atoms with Crippen molar-refractivity contribution in [2.45, 2.75) is 38.8 Å². The molecule has 7 heteroatoms. The predicted molar refractivity (Wildman–Crippen MR) is 94.4 cm³/mol. The van der Waals surface area contributed by atoms with E-state index in [-0.39, 0.29) is 24.4 Å². The van der Waals surface area contributed by atoms with Gasteiger partial charge in [0.05, 0.1) is 18.8 Å². The zero-order valence-electron chi connectivity index (χ0n) is 14.4. The molecule has 1 saturated carbocycles. The summed E-state index contributed by atoms with van der Waals surface area (Å²) >= 11 is 0. The van der Waals surface area contributed by atoms with Gasteiger partial charge in [0.15, 0.2) is 0 Å². The standard InChI is InChI=1S/C17H24N2O4.ClH/c1-5-23-13-10-17(18,16(13,2)3)15(21)19-12-8-6-11(7-9-12)14(20)22-4;/h6-9,13H,5,10,18H2,1-4H3,(H,19,21);1H. The number of amides is 1. The van der Waals surface area contributed by atoms with Gasteiger partial charge in [-0.25, -0.2) is 4.79 Å². The molecule has 6 nitrogen and oxygen atoms in total. The summed E-state index contributed by atoms with van der Waals surface area (Å²) in [6.07, 6.45) is 0.463. The highest BCUT2D eigenvalue weighted by atomic mass is 35.5. The predicted octanol–water partition coefficient (Wildman–Crippen LogP) is 2.37. The molecule has 1 fully saturated rings. The Balaban J connectivity index is 0.00000288. The fourth-order valence-electron chi connectivity index (χ4n) is 2.87. The molecule has 1 aliphatic carbocycles. The van der Waals surface area contributed by atoms with Crippen LogP contribution in [0.3, 0.4) is 0 Å². The van der Waals surface area contributed by atoms with Gasteiger partial charge in [0.1, 0.15) is 5.54 Å². The molecule has 2 unspecified atom stereocenters. The molecule has 0 aliphatic heterocycles. The van der Waals surface area contributed by atoms with Crippen LogP contribution in [0.2, 0.25) is 0 Å². The van der Waals surface area contributed by atoms with Crippen LogP contribution in [0.1, 0.15) is 37.6 Å². The van der Waals surface area contributed by atoms with E-state index in [0.29, 0.717) is 24.3 Å². The van der Waals surface area contributed by atoms with Crippen molar-refractivity contribution >= 4 is 30.0 Å². The van der Waals surface area contributed by atoms with Crippen molar-refractivity contribution < 1.29 is 19.1 Å². The maximum Gasteiger partial charge on any atom is 0.337 e. The third kappa shape index (κ3) is 3.41. The highest BCUT2D eigenvalue weighted by Gasteiger charge is 2.62. The van der Waals surface area contributed by atoms with Crippen molar-refractivity contribution in [3.8, 4) is 0 Å². The number of nitrogens with one attached hydrogen (secondary N) is 1. The lowest BCUT2D eigenvalue weighted by Crippen LogP contribution is -2.74. The number of hydrogen-bond acceptors (Lipinski definition) is 5. The van der Waals surface area contributed by atoms with Crippen molar-refractivity contribution in [1.82, 2.24) is 0 Å². The summed E-state index contributed by atoms with van der Waals surface area (Å²) in [5.74, 6) is -0.665. The third-order valence-corrected chi connectivity index (χ3v) is 4.80. The number of nitrogens with two attached hydrogens (primary N) is 1. The summed E-state index contributed by atoms with van der Waals surface area (Å²) in [6, 6.07) is 6.50. The van der Waals surface area contributed by atoms with Crippen LogP contribution in [0.25, 0.3) is 0 Å². The molecule has 0 saturated heterocycles. The minimum atomic E-state index is -0.978. The summed E-state index contributed by atoms with van der Waals surface area (Å²) in [4.78, 5) is 24.0. The Morgan fingerprint density at radius 2 is 1.88 bits per heavy atom.